The molecule has 6 heteroatoms. The molecule has 0 aromatic carbocycles. The molecule has 2 aliphatic rings. The fourth-order valence-electron chi connectivity index (χ4n) is 3.93. The summed E-state index contributed by atoms with van der Waals surface area (Å²) in [4.78, 5) is 11.5. The smallest absolute Gasteiger partial charge is 0.133 e. The number of aryl methyl sites for hydroxylation is 2. The van der Waals surface area contributed by atoms with Crippen LogP contribution in [0.3, 0.4) is 0 Å². The highest BCUT2D eigenvalue weighted by Crippen LogP contribution is 2.27. The van der Waals surface area contributed by atoms with Crippen LogP contribution in [0.5, 0.6) is 0 Å². The van der Waals surface area contributed by atoms with Gasteiger partial charge >= 0.3 is 0 Å². The van der Waals surface area contributed by atoms with E-state index in [1.54, 1.807) is 6.33 Å². The van der Waals surface area contributed by atoms with Gasteiger partial charge in [0.1, 0.15) is 12.1 Å². The van der Waals surface area contributed by atoms with Crippen molar-refractivity contribution in [3.05, 3.63) is 35.0 Å². The predicted octanol–water partition coefficient (Wildman–Crippen LogP) is 2.08. The van der Waals surface area contributed by atoms with E-state index in [2.05, 4.69) is 32.2 Å². The molecule has 3 heterocycles. The zero-order chi connectivity index (χ0) is 16.5. The molecule has 2 aromatic heterocycles. The Bertz CT molecular complexity index is 722. The third-order valence-corrected chi connectivity index (χ3v) is 5.45. The molecule has 1 saturated heterocycles. The number of rotatable bonds is 4. The first kappa shape index (κ1) is 15.6. The van der Waals surface area contributed by atoms with Gasteiger partial charge in [0, 0.05) is 48.7 Å². The number of nitrogens with zero attached hydrogens (tertiary/aromatic N) is 5. The van der Waals surface area contributed by atoms with Crippen LogP contribution in [0.15, 0.2) is 12.5 Å². The molecule has 0 unspecified atom stereocenters. The molecule has 0 saturated carbocycles. The number of nitrogens with one attached hydrogen (secondary N) is 1. The van der Waals surface area contributed by atoms with Gasteiger partial charge in [0.05, 0.1) is 6.20 Å². The van der Waals surface area contributed by atoms with E-state index in [4.69, 9.17) is 0 Å². The van der Waals surface area contributed by atoms with Crippen LogP contribution in [-0.2, 0) is 26.4 Å². The van der Waals surface area contributed by atoms with Crippen LogP contribution in [0, 0.1) is 6.92 Å². The first-order valence-corrected chi connectivity index (χ1v) is 9.00. The summed E-state index contributed by atoms with van der Waals surface area (Å²) in [7, 11) is 2.01. The fourth-order valence-corrected chi connectivity index (χ4v) is 3.93. The zero-order valence-corrected chi connectivity index (χ0v) is 14.6. The monoisotopic (exact) mass is 326 g/mol. The van der Waals surface area contributed by atoms with Crippen molar-refractivity contribution in [3.63, 3.8) is 0 Å². The minimum absolute atomic E-state index is 0.468. The van der Waals surface area contributed by atoms with E-state index in [0.717, 1.165) is 38.3 Å². The maximum absolute atomic E-state index is 4.52. The predicted molar refractivity (Wildman–Crippen MR) is 93.9 cm³/mol. The third kappa shape index (κ3) is 3.02. The average molecular weight is 326 g/mol. The van der Waals surface area contributed by atoms with Gasteiger partial charge in [0.25, 0.3) is 0 Å². The first-order valence-electron chi connectivity index (χ1n) is 9.00. The SMILES string of the molecule is Cc1c(CN2CCC[C@H](Nc3ncnc4c3CCC4)C2)cnn1C. The van der Waals surface area contributed by atoms with Gasteiger partial charge in [0.15, 0.2) is 0 Å². The van der Waals surface area contributed by atoms with Gasteiger partial charge in [-0.25, -0.2) is 9.97 Å². The van der Waals surface area contributed by atoms with Crippen molar-refractivity contribution in [1.82, 2.24) is 24.6 Å². The normalized spacial score (nSPS) is 21.0. The molecule has 6 nitrogen and oxygen atoms in total. The van der Waals surface area contributed by atoms with Crippen molar-refractivity contribution in [3.8, 4) is 0 Å². The zero-order valence-electron chi connectivity index (χ0n) is 14.6. The van der Waals surface area contributed by atoms with E-state index in [1.165, 1.54) is 41.8 Å². The second-order valence-corrected chi connectivity index (χ2v) is 7.10. The Balaban J connectivity index is 1.42. The molecule has 0 amide bonds. The molecule has 1 atom stereocenters. The van der Waals surface area contributed by atoms with Crippen LogP contribution in [0.2, 0.25) is 0 Å². The highest BCUT2D eigenvalue weighted by Gasteiger charge is 2.24. The average Bonchev–Trinajstić information content (AvgIpc) is 3.18. The van der Waals surface area contributed by atoms with Crippen LogP contribution in [0.4, 0.5) is 5.82 Å². The standard InChI is InChI=1S/C18H26N6/c1-13-14(9-21-23(13)2)10-24-8-4-5-15(11-24)22-18-16-6-3-7-17(16)19-12-20-18/h9,12,15H,3-8,10-11H2,1-2H3,(H,19,20,22)/t15-/m0/s1. The Hall–Kier alpha value is -1.95. The van der Waals surface area contributed by atoms with E-state index < -0.39 is 0 Å². The molecule has 2 aromatic rings. The molecule has 1 aliphatic heterocycles. The Kier molecular flexibility index (Phi) is 4.22. The van der Waals surface area contributed by atoms with E-state index in [1.807, 2.05) is 17.9 Å². The van der Waals surface area contributed by atoms with Crippen molar-refractivity contribution in [1.29, 1.82) is 0 Å². The maximum atomic E-state index is 4.52. The number of hydrogen-bond acceptors (Lipinski definition) is 5. The highest BCUT2D eigenvalue weighted by atomic mass is 15.3. The highest BCUT2D eigenvalue weighted by molar-refractivity contribution is 5.48. The largest absolute Gasteiger partial charge is 0.366 e. The van der Waals surface area contributed by atoms with Gasteiger partial charge in [-0.3, -0.25) is 9.58 Å². The molecule has 1 fully saturated rings. The van der Waals surface area contributed by atoms with Gasteiger partial charge in [0.2, 0.25) is 0 Å². The summed E-state index contributed by atoms with van der Waals surface area (Å²) < 4.78 is 1.96. The molecule has 1 N–H and O–H groups in total. The summed E-state index contributed by atoms with van der Waals surface area (Å²) in [5.41, 5.74) is 5.18. The minimum atomic E-state index is 0.468. The Morgan fingerprint density at radius 3 is 3.00 bits per heavy atom. The summed E-state index contributed by atoms with van der Waals surface area (Å²) in [5.74, 6) is 1.07. The van der Waals surface area contributed by atoms with Crippen molar-refractivity contribution in [2.24, 2.45) is 7.05 Å². The minimum Gasteiger partial charge on any atom is -0.366 e. The Labute approximate surface area is 143 Å². The maximum Gasteiger partial charge on any atom is 0.133 e. The summed E-state index contributed by atoms with van der Waals surface area (Å²) >= 11 is 0. The van der Waals surface area contributed by atoms with Crippen molar-refractivity contribution in [2.45, 2.75) is 51.6 Å². The molecular weight excluding hydrogens is 300 g/mol. The number of aromatic nitrogens is 4. The molecule has 0 spiro atoms. The second kappa shape index (κ2) is 6.51. The number of anilines is 1. The topological polar surface area (TPSA) is 58.9 Å². The molecule has 128 valence electrons. The number of hydrogen-bond donors (Lipinski definition) is 1. The first-order chi connectivity index (χ1) is 11.7. The summed E-state index contributed by atoms with van der Waals surface area (Å²) in [6.07, 6.45) is 9.58. The number of likely N-dealkylation sites (tertiary alicyclic amines) is 1. The van der Waals surface area contributed by atoms with Gasteiger partial charge in [-0.2, -0.15) is 5.10 Å². The van der Waals surface area contributed by atoms with E-state index in [-0.39, 0.29) is 0 Å². The van der Waals surface area contributed by atoms with E-state index >= 15 is 0 Å². The molecule has 4 rings (SSSR count). The van der Waals surface area contributed by atoms with Crippen LogP contribution in [0.25, 0.3) is 0 Å². The van der Waals surface area contributed by atoms with Crippen LogP contribution in [-0.4, -0.2) is 43.8 Å². The molecule has 1 aliphatic carbocycles. The molecular formula is C18H26N6. The van der Waals surface area contributed by atoms with Crippen LogP contribution in [0.1, 0.15) is 41.8 Å². The lowest BCUT2D eigenvalue weighted by Gasteiger charge is -2.33. The lowest BCUT2D eigenvalue weighted by atomic mass is 10.0. The van der Waals surface area contributed by atoms with Crippen molar-refractivity contribution < 1.29 is 0 Å². The van der Waals surface area contributed by atoms with Crippen molar-refractivity contribution in [2.75, 3.05) is 18.4 Å². The Morgan fingerprint density at radius 1 is 1.25 bits per heavy atom. The van der Waals surface area contributed by atoms with Crippen LogP contribution >= 0.6 is 0 Å². The third-order valence-electron chi connectivity index (χ3n) is 5.45. The summed E-state index contributed by atoms with van der Waals surface area (Å²) in [5, 5.41) is 8.07. The van der Waals surface area contributed by atoms with E-state index in [9.17, 15) is 0 Å². The van der Waals surface area contributed by atoms with Gasteiger partial charge < -0.3 is 5.32 Å². The fraction of sp³-hybridized carbons (Fsp3) is 0.611. The van der Waals surface area contributed by atoms with Gasteiger partial charge in [-0.1, -0.05) is 0 Å². The van der Waals surface area contributed by atoms with Crippen molar-refractivity contribution >= 4 is 5.82 Å². The molecule has 0 radical (unpaired) electrons. The number of piperidine rings is 1. The Morgan fingerprint density at radius 2 is 2.17 bits per heavy atom. The second-order valence-electron chi connectivity index (χ2n) is 7.10. The van der Waals surface area contributed by atoms with Crippen LogP contribution < -0.4 is 5.32 Å². The summed E-state index contributed by atoms with van der Waals surface area (Å²) in [6.45, 7) is 5.35. The quantitative estimate of drug-likeness (QED) is 0.932. The van der Waals surface area contributed by atoms with E-state index in [0.29, 0.717) is 6.04 Å². The van der Waals surface area contributed by atoms with Gasteiger partial charge in [-0.05, 0) is 45.6 Å². The lowest BCUT2D eigenvalue weighted by molar-refractivity contribution is 0.208. The molecule has 0 bridgehead atoms. The summed E-state index contributed by atoms with van der Waals surface area (Å²) in [6, 6.07) is 0.468. The van der Waals surface area contributed by atoms with Gasteiger partial charge in [-0.15, -0.1) is 0 Å². The molecule has 24 heavy (non-hydrogen) atoms. The lowest BCUT2D eigenvalue weighted by Crippen LogP contribution is -2.42. The number of fused-ring (bicyclic) bond motifs is 1.